The summed E-state index contributed by atoms with van der Waals surface area (Å²) in [5, 5.41) is 3.06. The Morgan fingerprint density at radius 1 is 1.82 bits per heavy atom. The molecule has 1 heterocycles. The summed E-state index contributed by atoms with van der Waals surface area (Å²) < 4.78 is 5.11. The van der Waals surface area contributed by atoms with Crippen LogP contribution in [0.5, 0.6) is 0 Å². The highest BCUT2D eigenvalue weighted by molar-refractivity contribution is 5.85. The van der Waals surface area contributed by atoms with Gasteiger partial charge in [-0.1, -0.05) is 6.92 Å². The van der Waals surface area contributed by atoms with Gasteiger partial charge in [-0.2, -0.15) is 0 Å². The van der Waals surface area contributed by atoms with Crippen molar-refractivity contribution in [1.29, 1.82) is 0 Å². The van der Waals surface area contributed by atoms with Crippen LogP contribution < -0.4 is 11.1 Å². The standard InChI is InChI=1S/C7H14N2O2/c1-2-9-7(6(8)10)3-4-11-5-7/h9H,2-5H2,1H3,(H2,8,10). The second kappa shape index (κ2) is 3.19. The summed E-state index contributed by atoms with van der Waals surface area (Å²) in [6.07, 6.45) is 0.691. The third kappa shape index (κ3) is 1.52. The molecule has 1 amide bonds. The van der Waals surface area contributed by atoms with Gasteiger partial charge in [0.1, 0.15) is 5.54 Å². The van der Waals surface area contributed by atoms with Crippen molar-refractivity contribution >= 4 is 5.91 Å². The SMILES string of the molecule is CCNC1(C(N)=O)CCOC1. The van der Waals surface area contributed by atoms with Gasteiger partial charge < -0.3 is 15.8 Å². The van der Waals surface area contributed by atoms with Crippen molar-refractivity contribution in [2.75, 3.05) is 19.8 Å². The number of ether oxygens (including phenoxy) is 1. The van der Waals surface area contributed by atoms with E-state index in [1.807, 2.05) is 6.92 Å². The molecule has 3 N–H and O–H groups in total. The van der Waals surface area contributed by atoms with Gasteiger partial charge in [0.15, 0.2) is 0 Å². The number of amides is 1. The minimum absolute atomic E-state index is 0.308. The van der Waals surface area contributed by atoms with Crippen molar-refractivity contribution in [3.8, 4) is 0 Å². The summed E-state index contributed by atoms with van der Waals surface area (Å²) in [7, 11) is 0. The zero-order chi connectivity index (χ0) is 8.32. The van der Waals surface area contributed by atoms with Gasteiger partial charge in [0.05, 0.1) is 6.61 Å². The number of carbonyl (C=O) groups is 1. The number of likely N-dealkylation sites (N-methyl/N-ethyl adjacent to an activating group) is 1. The van der Waals surface area contributed by atoms with Gasteiger partial charge in [-0.05, 0) is 6.54 Å². The molecule has 4 nitrogen and oxygen atoms in total. The Balaban J connectivity index is 2.62. The molecular weight excluding hydrogens is 144 g/mol. The van der Waals surface area contributed by atoms with E-state index in [1.165, 1.54) is 0 Å². The molecule has 0 aromatic heterocycles. The van der Waals surface area contributed by atoms with E-state index in [-0.39, 0.29) is 5.91 Å². The molecule has 0 aromatic carbocycles. The molecule has 0 saturated carbocycles. The van der Waals surface area contributed by atoms with E-state index in [1.54, 1.807) is 0 Å². The maximum atomic E-state index is 11.0. The molecule has 4 heteroatoms. The number of carbonyl (C=O) groups excluding carboxylic acids is 1. The summed E-state index contributed by atoms with van der Waals surface area (Å²) in [6.45, 7) is 3.72. The molecule has 1 fully saturated rings. The number of nitrogens with two attached hydrogens (primary N) is 1. The number of nitrogens with one attached hydrogen (secondary N) is 1. The van der Waals surface area contributed by atoms with Crippen molar-refractivity contribution in [2.24, 2.45) is 5.73 Å². The predicted octanol–water partition coefficient (Wildman–Crippen LogP) is -0.760. The number of primary amides is 1. The van der Waals surface area contributed by atoms with Crippen molar-refractivity contribution in [3.05, 3.63) is 0 Å². The normalized spacial score (nSPS) is 30.6. The summed E-state index contributed by atoms with van der Waals surface area (Å²) in [5.74, 6) is -0.308. The smallest absolute Gasteiger partial charge is 0.240 e. The zero-order valence-corrected chi connectivity index (χ0v) is 6.72. The van der Waals surface area contributed by atoms with Gasteiger partial charge in [-0.25, -0.2) is 0 Å². The molecule has 1 aliphatic heterocycles. The van der Waals surface area contributed by atoms with Crippen molar-refractivity contribution in [3.63, 3.8) is 0 Å². The highest BCUT2D eigenvalue weighted by Gasteiger charge is 2.39. The highest BCUT2D eigenvalue weighted by atomic mass is 16.5. The van der Waals surface area contributed by atoms with Crippen LogP contribution in [0.2, 0.25) is 0 Å². The third-order valence-corrected chi connectivity index (χ3v) is 2.01. The maximum Gasteiger partial charge on any atom is 0.240 e. The molecule has 1 rings (SSSR count). The highest BCUT2D eigenvalue weighted by Crippen LogP contribution is 2.17. The van der Waals surface area contributed by atoms with E-state index in [4.69, 9.17) is 10.5 Å². The fourth-order valence-electron chi connectivity index (χ4n) is 1.32. The lowest BCUT2D eigenvalue weighted by Gasteiger charge is -2.23. The Morgan fingerprint density at radius 2 is 2.55 bits per heavy atom. The molecule has 1 aliphatic rings. The van der Waals surface area contributed by atoms with Gasteiger partial charge in [0, 0.05) is 13.0 Å². The molecule has 64 valence electrons. The topological polar surface area (TPSA) is 64.3 Å². The van der Waals surface area contributed by atoms with Gasteiger partial charge in [0.25, 0.3) is 0 Å². The second-order valence-corrected chi connectivity index (χ2v) is 2.78. The van der Waals surface area contributed by atoms with E-state index in [2.05, 4.69) is 5.32 Å². The molecule has 11 heavy (non-hydrogen) atoms. The first-order valence-corrected chi connectivity index (χ1v) is 3.84. The van der Waals surface area contributed by atoms with E-state index >= 15 is 0 Å². The predicted molar refractivity (Wildman–Crippen MR) is 41.0 cm³/mol. The fourth-order valence-corrected chi connectivity index (χ4v) is 1.32. The molecule has 0 spiro atoms. The van der Waals surface area contributed by atoms with Crippen molar-refractivity contribution in [2.45, 2.75) is 18.9 Å². The van der Waals surface area contributed by atoms with Crippen LogP contribution in [0.3, 0.4) is 0 Å². The zero-order valence-electron chi connectivity index (χ0n) is 6.72. The van der Waals surface area contributed by atoms with E-state index < -0.39 is 5.54 Å². The Hall–Kier alpha value is -0.610. The molecule has 0 radical (unpaired) electrons. The summed E-state index contributed by atoms with van der Waals surface area (Å²) in [4.78, 5) is 11.0. The third-order valence-electron chi connectivity index (χ3n) is 2.01. The molecule has 1 saturated heterocycles. The van der Waals surface area contributed by atoms with Crippen LogP contribution in [-0.2, 0) is 9.53 Å². The number of hydrogen-bond donors (Lipinski definition) is 2. The van der Waals surface area contributed by atoms with E-state index in [0.29, 0.717) is 19.6 Å². The van der Waals surface area contributed by atoms with Gasteiger partial charge >= 0.3 is 0 Å². The lowest BCUT2D eigenvalue weighted by atomic mass is 9.98. The quantitative estimate of drug-likeness (QED) is 0.567. The average Bonchev–Trinajstić information content (AvgIpc) is 2.38. The minimum atomic E-state index is -0.589. The summed E-state index contributed by atoms with van der Waals surface area (Å²) >= 11 is 0. The lowest BCUT2D eigenvalue weighted by molar-refractivity contribution is -0.124. The molecule has 1 atom stereocenters. The van der Waals surface area contributed by atoms with Crippen LogP contribution in [0.15, 0.2) is 0 Å². The Labute approximate surface area is 66.1 Å². The van der Waals surface area contributed by atoms with Crippen LogP contribution in [0.25, 0.3) is 0 Å². The van der Waals surface area contributed by atoms with Crippen molar-refractivity contribution in [1.82, 2.24) is 5.32 Å². The minimum Gasteiger partial charge on any atom is -0.379 e. The Morgan fingerprint density at radius 3 is 2.91 bits per heavy atom. The molecule has 0 bridgehead atoms. The summed E-state index contributed by atoms with van der Waals surface area (Å²) in [5.41, 5.74) is 4.65. The summed E-state index contributed by atoms with van der Waals surface area (Å²) in [6, 6.07) is 0. The first kappa shape index (κ1) is 8.49. The average molecular weight is 158 g/mol. The fraction of sp³-hybridized carbons (Fsp3) is 0.857. The van der Waals surface area contributed by atoms with Crippen LogP contribution in [0.4, 0.5) is 0 Å². The Kier molecular flexibility index (Phi) is 2.46. The van der Waals surface area contributed by atoms with Crippen LogP contribution in [-0.4, -0.2) is 31.2 Å². The van der Waals surface area contributed by atoms with Crippen molar-refractivity contribution < 1.29 is 9.53 Å². The Bertz CT molecular complexity index is 153. The molecule has 0 aromatic rings. The van der Waals surface area contributed by atoms with Gasteiger partial charge in [-0.3, -0.25) is 4.79 Å². The van der Waals surface area contributed by atoms with E-state index in [9.17, 15) is 4.79 Å². The van der Waals surface area contributed by atoms with E-state index in [0.717, 1.165) is 6.54 Å². The monoisotopic (exact) mass is 158 g/mol. The van der Waals surface area contributed by atoms with Crippen LogP contribution >= 0.6 is 0 Å². The molecule has 1 unspecified atom stereocenters. The second-order valence-electron chi connectivity index (χ2n) is 2.78. The number of hydrogen-bond acceptors (Lipinski definition) is 3. The largest absolute Gasteiger partial charge is 0.379 e. The van der Waals surface area contributed by atoms with Gasteiger partial charge in [0.2, 0.25) is 5.91 Å². The van der Waals surface area contributed by atoms with Crippen LogP contribution in [0, 0.1) is 0 Å². The van der Waals surface area contributed by atoms with Gasteiger partial charge in [-0.15, -0.1) is 0 Å². The molecular formula is C7H14N2O2. The first-order chi connectivity index (χ1) is 5.21. The number of rotatable bonds is 3. The first-order valence-electron chi connectivity index (χ1n) is 3.84. The van der Waals surface area contributed by atoms with Crippen LogP contribution in [0.1, 0.15) is 13.3 Å². The lowest BCUT2D eigenvalue weighted by Crippen LogP contribution is -2.55. The maximum absolute atomic E-state index is 11.0. The molecule has 0 aliphatic carbocycles.